The number of rotatable bonds is 7. The van der Waals surface area contributed by atoms with Crippen LogP contribution in [-0.4, -0.2) is 18.1 Å². The Morgan fingerprint density at radius 1 is 1.37 bits per heavy atom. The molecule has 0 amide bonds. The van der Waals surface area contributed by atoms with E-state index in [-0.39, 0.29) is 11.8 Å². The highest BCUT2D eigenvalue weighted by atomic mass is 35.5. The highest BCUT2D eigenvalue weighted by Crippen LogP contribution is 2.38. The van der Waals surface area contributed by atoms with E-state index >= 15 is 0 Å². The molecule has 0 saturated heterocycles. The Morgan fingerprint density at radius 2 is 2.04 bits per heavy atom. The van der Waals surface area contributed by atoms with Gasteiger partial charge in [0.2, 0.25) is 0 Å². The van der Waals surface area contributed by atoms with Crippen LogP contribution in [0.1, 0.15) is 31.4 Å². The molecule has 0 aromatic heterocycles. The molecule has 0 bridgehead atoms. The lowest BCUT2D eigenvalue weighted by Crippen LogP contribution is -2.11. The van der Waals surface area contributed by atoms with Crippen LogP contribution in [0.3, 0.4) is 0 Å². The molecular weight excluding hydrogens is 368 g/mol. The Hall–Kier alpha value is -3.04. The second kappa shape index (κ2) is 9.06. The summed E-state index contributed by atoms with van der Waals surface area (Å²) in [5, 5.41) is 20.6. The fourth-order valence-corrected chi connectivity index (χ4v) is 2.60. The number of allylic oxidation sites excluding steroid dienone is 1. The van der Waals surface area contributed by atoms with Crippen molar-refractivity contribution in [3.8, 4) is 17.6 Å². The first-order chi connectivity index (χ1) is 12.9. The van der Waals surface area contributed by atoms with Crippen LogP contribution in [0.4, 0.5) is 5.69 Å². The monoisotopic (exact) mass is 386 g/mol. The van der Waals surface area contributed by atoms with Crippen molar-refractivity contribution in [2.75, 3.05) is 7.11 Å². The number of hydrogen-bond donors (Lipinski definition) is 0. The van der Waals surface area contributed by atoms with Crippen molar-refractivity contribution in [3.63, 3.8) is 0 Å². The lowest BCUT2D eigenvalue weighted by atomic mass is 10.0. The van der Waals surface area contributed by atoms with E-state index in [9.17, 15) is 15.4 Å². The fraction of sp³-hybridized carbons (Fsp3) is 0.250. The van der Waals surface area contributed by atoms with Crippen molar-refractivity contribution in [2.24, 2.45) is 0 Å². The Balaban J connectivity index is 2.42. The van der Waals surface area contributed by atoms with Crippen molar-refractivity contribution in [2.45, 2.75) is 26.4 Å². The number of nitriles is 1. The maximum atomic E-state index is 10.8. The highest BCUT2D eigenvalue weighted by Gasteiger charge is 2.15. The van der Waals surface area contributed by atoms with Gasteiger partial charge in [-0.05, 0) is 54.8 Å². The molecule has 0 saturated carbocycles. The Bertz CT molecular complexity index is 901. The van der Waals surface area contributed by atoms with Gasteiger partial charge in [0.25, 0.3) is 5.69 Å². The van der Waals surface area contributed by atoms with E-state index in [4.69, 9.17) is 21.1 Å². The predicted octanol–water partition coefficient (Wildman–Crippen LogP) is 5.50. The van der Waals surface area contributed by atoms with E-state index in [2.05, 4.69) is 6.07 Å². The standard InChI is InChI=1S/C20H19ClN2O4/c1-4-13(2)27-20-18(21)10-14(11-19(20)26-3)9-16(12-22)15-5-7-17(8-6-15)23(24)25/h5-11,13H,4H2,1-3H3/b16-9+. The minimum absolute atomic E-state index is 0.0208. The number of hydrogen-bond acceptors (Lipinski definition) is 5. The summed E-state index contributed by atoms with van der Waals surface area (Å²) in [6.45, 7) is 3.94. The van der Waals surface area contributed by atoms with Gasteiger partial charge in [0.1, 0.15) is 0 Å². The average molecular weight is 387 g/mol. The van der Waals surface area contributed by atoms with Gasteiger partial charge in [0.15, 0.2) is 11.5 Å². The van der Waals surface area contributed by atoms with Crippen LogP contribution in [0.2, 0.25) is 5.02 Å². The summed E-state index contributed by atoms with van der Waals surface area (Å²) >= 11 is 6.35. The van der Waals surface area contributed by atoms with Crippen LogP contribution < -0.4 is 9.47 Å². The second-order valence-electron chi connectivity index (χ2n) is 5.84. The lowest BCUT2D eigenvalue weighted by Gasteiger charge is -2.17. The molecule has 0 aliphatic rings. The van der Waals surface area contributed by atoms with Gasteiger partial charge in [-0.1, -0.05) is 18.5 Å². The van der Waals surface area contributed by atoms with E-state index in [1.54, 1.807) is 18.2 Å². The van der Waals surface area contributed by atoms with Crippen molar-refractivity contribution in [1.82, 2.24) is 0 Å². The fourth-order valence-electron chi connectivity index (χ4n) is 2.33. The number of nitro benzene ring substituents is 1. The molecule has 1 atom stereocenters. The molecule has 0 heterocycles. The number of benzene rings is 2. The van der Waals surface area contributed by atoms with Gasteiger partial charge in [0.05, 0.1) is 34.8 Å². The number of halogens is 1. The van der Waals surface area contributed by atoms with Crippen LogP contribution >= 0.6 is 11.6 Å². The van der Waals surface area contributed by atoms with Crippen molar-refractivity contribution < 1.29 is 14.4 Å². The SMILES string of the molecule is CCC(C)Oc1c(Cl)cc(/C=C(\C#N)c2ccc([N+](=O)[O-])cc2)cc1OC. The van der Waals surface area contributed by atoms with E-state index in [1.807, 2.05) is 13.8 Å². The topological polar surface area (TPSA) is 85.4 Å². The van der Waals surface area contributed by atoms with Crippen molar-refractivity contribution >= 4 is 28.9 Å². The number of methoxy groups -OCH3 is 1. The van der Waals surface area contributed by atoms with Gasteiger partial charge in [-0.2, -0.15) is 5.26 Å². The average Bonchev–Trinajstić information content (AvgIpc) is 2.67. The minimum atomic E-state index is -0.486. The smallest absolute Gasteiger partial charge is 0.269 e. The summed E-state index contributed by atoms with van der Waals surface area (Å²) < 4.78 is 11.2. The summed E-state index contributed by atoms with van der Waals surface area (Å²) in [6, 6.07) is 11.3. The maximum Gasteiger partial charge on any atom is 0.269 e. The van der Waals surface area contributed by atoms with Crippen LogP contribution in [0.15, 0.2) is 36.4 Å². The Kier molecular flexibility index (Phi) is 6.80. The normalized spacial score (nSPS) is 12.2. The Labute approximate surface area is 162 Å². The van der Waals surface area contributed by atoms with Gasteiger partial charge in [-0.3, -0.25) is 10.1 Å². The lowest BCUT2D eigenvalue weighted by molar-refractivity contribution is -0.384. The molecule has 0 aliphatic heterocycles. The minimum Gasteiger partial charge on any atom is -0.493 e. The molecule has 0 aliphatic carbocycles. The zero-order valence-corrected chi connectivity index (χ0v) is 16.0. The number of ether oxygens (including phenoxy) is 2. The van der Waals surface area contributed by atoms with Gasteiger partial charge in [-0.25, -0.2) is 0 Å². The number of nitro groups is 1. The molecule has 7 heteroatoms. The first kappa shape index (κ1) is 20.3. The molecular formula is C20H19ClN2O4. The van der Waals surface area contributed by atoms with Gasteiger partial charge in [-0.15, -0.1) is 0 Å². The summed E-state index contributed by atoms with van der Waals surface area (Å²) in [7, 11) is 1.52. The maximum absolute atomic E-state index is 10.8. The second-order valence-corrected chi connectivity index (χ2v) is 6.25. The van der Waals surface area contributed by atoms with Crippen LogP contribution in [0, 0.1) is 21.4 Å². The summed E-state index contributed by atoms with van der Waals surface area (Å²) in [5.74, 6) is 0.926. The number of non-ortho nitro benzene ring substituents is 1. The summed E-state index contributed by atoms with van der Waals surface area (Å²) in [5.41, 5.74) is 1.53. The summed E-state index contributed by atoms with van der Waals surface area (Å²) in [4.78, 5) is 10.3. The van der Waals surface area contributed by atoms with E-state index in [0.29, 0.717) is 33.2 Å². The Morgan fingerprint density at radius 3 is 2.56 bits per heavy atom. The zero-order valence-electron chi connectivity index (χ0n) is 15.2. The van der Waals surface area contributed by atoms with Gasteiger partial charge >= 0.3 is 0 Å². The van der Waals surface area contributed by atoms with E-state index < -0.39 is 4.92 Å². The highest BCUT2D eigenvalue weighted by molar-refractivity contribution is 6.32. The van der Waals surface area contributed by atoms with Crippen molar-refractivity contribution in [1.29, 1.82) is 5.26 Å². The van der Waals surface area contributed by atoms with E-state index in [1.165, 1.54) is 31.4 Å². The molecule has 6 nitrogen and oxygen atoms in total. The molecule has 1 unspecified atom stereocenters. The quantitative estimate of drug-likeness (QED) is 0.271. The zero-order chi connectivity index (χ0) is 20.0. The van der Waals surface area contributed by atoms with Crippen LogP contribution in [0.5, 0.6) is 11.5 Å². The first-order valence-electron chi connectivity index (χ1n) is 8.30. The molecule has 27 heavy (non-hydrogen) atoms. The van der Waals surface area contributed by atoms with Crippen molar-refractivity contribution in [3.05, 3.63) is 62.7 Å². The van der Waals surface area contributed by atoms with Crippen LogP contribution in [0.25, 0.3) is 11.6 Å². The van der Waals surface area contributed by atoms with Gasteiger partial charge in [0, 0.05) is 12.1 Å². The van der Waals surface area contributed by atoms with Gasteiger partial charge < -0.3 is 9.47 Å². The molecule has 2 rings (SSSR count). The predicted molar refractivity (Wildman–Crippen MR) is 105 cm³/mol. The molecule has 0 radical (unpaired) electrons. The van der Waals surface area contributed by atoms with E-state index in [0.717, 1.165) is 6.42 Å². The molecule has 0 fully saturated rings. The summed E-state index contributed by atoms with van der Waals surface area (Å²) in [6.07, 6.45) is 2.44. The van der Waals surface area contributed by atoms with Crippen LogP contribution in [-0.2, 0) is 0 Å². The third-order valence-electron chi connectivity index (χ3n) is 3.97. The molecule has 2 aromatic rings. The third-order valence-corrected chi connectivity index (χ3v) is 4.25. The largest absolute Gasteiger partial charge is 0.493 e. The molecule has 0 N–H and O–H groups in total. The molecule has 2 aromatic carbocycles. The molecule has 140 valence electrons. The third kappa shape index (κ3) is 4.99. The first-order valence-corrected chi connectivity index (χ1v) is 8.68. The number of nitrogens with zero attached hydrogens (tertiary/aromatic N) is 2. The molecule has 0 spiro atoms.